The molecule has 1 aliphatic carbocycles. The lowest BCUT2D eigenvalue weighted by molar-refractivity contribution is -0.195. The van der Waals surface area contributed by atoms with E-state index < -0.39 is 30.1 Å². The first-order valence-corrected chi connectivity index (χ1v) is 8.49. The number of amides is 1. The van der Waals surface area contributed by atoms with Gasteiger partial charge in [-0.1, -0.05) is 0 Å². The molecule has 0 aliphatic heterocycles. The molecule has 158 valence electrons. The maximum atomic E-state index is 13.4. The number of nitrogens with zero attached hydrogens (tertiary/aromatic N) is 1. The SMILES string of the molecule is COC(=O)C1(N(Cc2ccc(OC)cc2OC)C(=O)C(F)(F)F)C=CC(=O)CC1. The van der Waals surface area contributed by atoms with E-state index in [4.69, 9.17) is 9.47 Å². The van der Waals surface area contributed by atoms with E-state index in [0.717, 1.165) is 19.3 Å². The van der Waals surface area contributed by atoms with Gasteiger partial charge in [-0.3, -0.25) is 9.59 Å². The van der Waals surface area contributed by atoms with Gasteiger partial charge < -0.3 is 19.1 Å². The van der Waals surface area contributed by atoms with E-state index in [1.54, 1.807) is 0 Å². The third kappa shape index (κ3) is 4.52. The first kappa shape index (κ1) is 22.3. The van der Waals surface area contributed by atoms with E-state index >= 15 is 0 Å². The van der Waals surface area contributed by atoms with Crippen LogP contribution in [-0.2, 0) is 25.7 Å². The van der Waals surface area contributed by atoms with Gasteiger partial charge in [0.05, 0.1) is 27.9 Å². The molecular formula is C19H20F3NO6. The van der Waals surface area contributed by atoms with Crippen LogP contribution in [0.5, 0.6) is 11.5 Å². The summed E-state index contributed by atoms with van der Waals surface area (Å²) in [5.74, 6) is -3.12. The van der Waals surface area contributed by atoms with E-state index in [1.807, 2.05) is 0 Å². The normalized spacial score (nSPS) is 18.9. The minimum Gasteiger partial charge on any atom is -0.497 e. The number of carbonyl (C=O) groups is 3. The summed E-state index contributed by atoms with van der Waals surface area (Å²) in [6.07, 6.45) is -3.83. The van der Waals surface area contributed by atoms with Crippen molar-refractivity contribution in [3.63, 3.8) is 0 Å². The Morgan fingerprint density at radius 1 is 1.17 bits per heavy atom. The van der Waals surface area contributed by atoms with Gasteiger partial charge in [-0.15, -0.1) is 0 Å². The molecule has 1 amide bonds. The Hall–Kier alpha value is -3.04. The zero-order valence-electron chi connectivity index (χ0n) is 16.0. The van der Waals surface area contributed by atoms with E-state index in [9.17, 15) is 27.6 Å². The molecule has 0 heterocycles. The van der Waals surface area contributed by atoms with Crippen molar-refractivity contribution in [1.82, 2.24) is 4.90 Å². The molecule has 0 radical (unpaired) electrons. The van der Waals surface area contributed by atoms with Crippen LogP contribution < -0.4 is 9.47 Å². The fraction of sp³-hybridized carbons (Fsp3) is 0.421. The maximum Gasteiger partial charge on any atom is 0.471 e. The molecule has 0 saturated carbocycles. The van der Waals surface area contributed by atoms with Crippen LogP contribution in [0.3, 0.4) is 0 Å². The lowest BCUT2D eigenvalue weighted by atomic mass is 9.84. The number of ketones is 1. The fourth-order valence-corrected chi connectivity index (χ4v) is 3.09. The summed E-state index contributed by atoms with van der Waals surface area (Å²) < 4.78 is 55.1. The molecule has 2 rings (SSSR count). The maximum absolute atomic E-state index is 13.4. The summed E-state index contributed by atoms with van der Waals surface area (Å²) in [7, 11) is 3.71. The van der Waals surface area contributed by atoms with E-state index in [-0.39, 0.29) is 29.9 Å². The van der Waals surface area contributed by atoms with E-state index in [1.165, 1.54) is 32.4 Å². The molecule has 1 aromatic carbocycles. The number of hydrogen-bond donors (Lipinski definition) is 0. The van der Waals surface area contributed by atoms with Crippen molar-refractivity contribution in [2.45, 2.75) is 31.1 Å². The molecule has 7 nitrogen and oxygen atoms in total. The molecule has 1 unspecified atom stereocenters. The average molecular weight is 415 g/mol. The molecule has 0 N–H and O–H groups in total. The molecule has 0 fully saturated rings. The van der Waals surface area contributed by atoms with E-state index in [0.29, 0.717) is 10.6 Å². The predicted octanol–water partition coefficient (Wildman–Crippen LogP) is 2.43. The third-order valence-electron chi connectivity index (χ3n) is 4.63. The van der Waals surface area contributed by atoms with Gasteiger partial charge in [0.2, 0.25) is 0 Å². The molecule has 1 aromatic rings. The van der Waals surface area contributed by atoms with Crippen molar-refractivity contribution in [3.05, 3.63) is 35.9 Å². The Morgan fingerprint density at radius 2 is 1.86 bits per heavy atom. The summed E-state index contributed by atoms with van der Waals surface area (Å²) in [4.78, 5) is 36.8. The second kappa shape index (κ2) is 8.54. The largest absolute Gasteiger partial charge is 0.497 e. The van der Waals surface area contributed by atoms with Gasteiger partial charge in [0.15, 0.2) is 11.3 Å². The summed E-state index contributed by atoms with van der Waals surface area (Å²) >= 11 is 0. The summed E-state index contributed by atoms with van der Waals surface area (Å²) in [6.45, 7) is -0.612. The van der Waals surface area contributed by atoms with Crippen LogP contribution in [0.4, 0.5) is 13.2 Å². The topological polar surface area (TPSA) is 82.1 Å². The summed E-state index contributed by atoms with van der Waals surface area (Å²) in [5, 5.41) is 0. The molecule has 29 heavy (non-hydrogen) atoms. The number of rotatable bonds is 6. The number of hydrogen-bond acceptors (Lipinski definition) is 6. The van der Waals surface area contributed by atoms with Crippen LogP contribution in [0, 0.1) is 0 Å². The van der Waals surface area contributed by atoms with Gasteiger partial charge in [0, 0.05) is 18.1 Å². The highest BCUT2D eigenvalue weighted by Crippen LogP contribution is 2.36. The molecule has 10 heteroatoms. The smallest absolute Gasteiger partial charge is 0.471 e. The molecule has 1 aliphatic rings. The fourth-order valence-electron chi connectivity index (χ4n) is 3.09. The highest BCUT2D eigenvalue weighted by atomic mass is 19.4. The highest BCUT2D eigenvalue weighted by molar-refractivity contribution is 5.98. The van der Waals surface area contributed by atoms with Crippen LogP contribution in [0.15, 0.2) is 30.4 Å². The second-order valence-electron chi connectivity index (χ2n) is 6.28. The first-order valence-electron chi connectivity index (χ1n) is 8.49. The van der Waals surface area contributed by atoms with Crippen LogP contribution in [0.2, 0.25) is 0 Å². The van der Waals surface area contributed by atoms with Crippen LogP contribution in [-0.4, -0.2) is 55.6 Å². The molecule has 0 saturated heterocycles. The van der Waals surface area contributed by atoms with Crippen molar-refractivity contribution in [3.8, 4) is 11.5 Å². The number of carbonyl (C=O) groups excluding carboxylic acids is 3. The van der Waals surface area contributed by atoms with Gasteiger partial charge in [-0.25, -0.2) is 4.79 Å². The number of esters is 1. The Kier molecular flexibility index (Phi) is 6.55. The number of alkyl halides is 3. The monoisotopic (exact) mass is 415 g/mol. The Balaban J connectivity index is 2.61. The molecule has 0 bridgehead atoms. The van der Waals surface area contributed by atoms with Gasteiger partial charge in [-0.2, -0.15) is 13.2 Å². The Labute approximate surface area is 165 Å². The van der Waals surface area contributed by atoms with Crippen molar-refractivity contribution in [2.75, 3.05) is 21.3 Å². The molecule has 1 atom stereocenters. The van der Waals surface area contributed by atoms with Gasteiger partial charge in [0.1, 0.15) is 11.5 Å². The minimum atomic E-state index is -5.25. The highest BCUT2D eigenvalue weighted by Gasteiger charge is 2.54. The quantitative estimate of drug-likeness (QED) is 0.664. The standard InChI is InChI=1S/C19H20F3NO6/c1-27-14-5-4-12(15(10-14)28-2)11-23(16(25)19(20,21)22)18(17(26)29-3)8-6-13(24)7-9-18/h4-6,8,10H,7,9,11H2,1-3H3. The Bertz CT molecular complexity index is 836. The number of methoxy groups -OCH3 is 3. The van der Waals surface area contributed by atoms with Crippen molar-refractivity contribution in [2.24, 2.45) is 0 Å². The third-order valence-corrected chi connectivity index (χ3v) is 4.63. The van der Waals surface area contributed by atoms with Gasteiger partial charge in [-0.05, 0) is 30.7 Å². The molecule has 0 aromatic heterocycles. The summed E-state index contributed by atoms with van der Waals surface area (Å²) in [6, 6.07) is 4.35. The lowest BCUT2D eigenvalue weighted by Gasteiger charge is -2.41. The second-order valence-corrected chi connectivity index (χ2v) is 6.28. The van der Waals surface area contributed by atoms with Crippen LogP contribution >= 0.6 is 0 Å². The lowest BCUT2D eigenvalue weighted by Crippen LogP contribution is -2.60. The number of benzene rings is 1. The van der Waals surface area contributed by atoms with Gasteiger partial charge in [0.25, 0.3) is 0 Å². The van der Waals surface area contributed by atoms with Gasteiger partial charge >= 0.3 is 18.1 Å². The molecular weight excluding hydrogens is 395 g/mol. The zero-order valence-corrected chi connectivity index (χ0v) is 16.0. The number of allylic oxidation sites excluding steroid dienone is 1. The zero-order chi connectivity index (χ0) is 21.8. The summed E-state index contributed by atoms with van der Waals surface area (Å²) in [5.41, 5.74) is -1.88. The van der Waals surface area contributed by atoms with E-state index in [2.05, 4.69) is 4.74 Å². The number of ether oxygens (including phenoxy) is 3. The minimum absolute atomic E-state index is 0.167. The first-order chi connectivity index (χ1) is 13.6. The van der Waals surface area contributed by atoms with Crippen LogP contribution in [0.25, 0.3) is 0 Å². The van der Waals surface area contributed by atoms with Crippen molar-refractivity contribution in [1.29, 1.82) is 0 Å². The molecule has 0 spiro atoms. The Morgan fingerprint density at radius 3 is 2.34 bits per heavy atom. The average Bonchev–Trinajstić information content (AvgIpc) is 2.71. The van der Waals surface area contributed by atoms with Crippen LogP contribution in [0.1, 0.15) is 18.4 Å². The number of halogens is 3. The predicted molar refractivity (Wildman–Crippen MR) is 94.3 cm³/mol. The van der Waals surface area contributed by atoms with Crippen molar-refractivity contribution < 1.29 is 41.8 Å². The van der Waals surface area contributed by atoms with Crippen molar-refractivity contribution >= 4 is 17.7 Å².